The highest BCUT2D eigenvalue weighted by Gasteiger charge is 2.18. The lowest BCUT2D eigenvalue weighted by atomic mass is 10.1. The third-order valence-electron chi connectivity index (χ3n) is 2.52. The number of nitrogens with one attached hydrogen (secondary N) is 1. The minimum atomic E-state index is -0.431. The van der Waals surface area contributed by atoms with Crippen LogP contribution in [0.25, 0.3) is 0 Å². The summed E-state index contributed by atoms with van der Waals surface area (Å²) in [4.78, 5) is 12.7. The Morgan fingerprint density at radius 1 is 1.65 bits per heavy atom. The maximum atomic E-state index is 12.0. The van der Waals surface area contributed by atoms with Gasteiger partial charge in [0.05, 0.1) is 10.9 Å². The number of carbonyl (C=O) groups is 1. The van der Waals surface area contributed by atoms with Gasteiger partial charge in [-0.3, -0.25) is 4.79 Å². The Morgan fingerprint density at radius 3 is 2.88 bits per heavy atom. The molecule has 0 bridgehead atoms. The van der Waals surface area contributed by atoms with E-state index < -0.39 is 6.04 Å². The van der Waals surface area contributed by atoms with Crippen LogP contribution in [-0.4, -0.2) is 23.0 Å². The van der Waals surface area contributed by atoms with Crippen LogP contribution in [0.4, 0.5) is 0 Å². The number of hydrogen-bond donors (Lipinski definition) is 3. The summed E-state index contributed by atoms with van der Waals surface area (Å²) in [6, 6.07) is 1.50. The zero-order chi connectivity index (χ0) is 12.8. The maximum Gasteiger partial charge on any atom is 0.262 e. The van der Waals surface area contributed by atoms with E-state index in [4.69, 9.17) is 10.9 Å². The first-order chi connectivity index (χ1) is 8.13. The van der Waals surface area contributed by atoms with Crippen molar-refractivity contribution in [3.05, 3.63) is 21.9 Å². The van der Waals surface area contributed by atoms with Crippen molar-refractivity contribution in [1.29, 1.82) is 0 Å². The highest BCUT2D eigenvalue weighted by Crippen LogP contribution is 2.17. The molecule has 1 heterocycles. The zero-order valence-electron chi connectivity index (χ0n) is 9.93. The van der Waals surface area contributed by atoms with Gasteiger partial charge in [0.2, 0.25) is 0 Å². The van der Waals surface area contributed by atoms with E-state index in [1.807, 2.05) is 25.3 Å². The topological polar surface area (TPSA) is 87.7 Å². The van der Waals surface area contributed by atoms with Crippen LogP contribution in [0, 0.1) is 0 Å². The number of oxime groups is 1. The van der Waals surface area contributed by atoms with Gasteiger partial charge in [-0.05, 0) is 29.9 Å². The number of hydrogen-bond acceptors (Lipinski definition) is 4. The van der Waals surface area contributed by atoms with Crippen LogP contribution in [0.3, 0.4) is 0 Å². The molecule has 17 heavy (non-hydrogen) atoms. The van der Waals surface area contributed by atoms with Crippen molar-refractivity contribution in [1.82, 2.24) is 5.32 Å². The third kappa shape index (κ3) is 3.20. The van der Waals surface area contributed by atoms with Gasteiger partial charge in [0.25, 0.3) is 5.91 Å². The molecule has 6 heteroatoms. The number of nitrogens with two attached hydrogens (primary N) is 1. The molecule has 1 atom stereocenters. The first-order valence-corrected chi connectivity index (χ1v) is 6.36. The van der Waals surface area contributed by atoms with Gasteiger partial charge in [0.1, 0.15) is 0 Å². The summed E-state index contributed by atoms with van der Waals surface area (Å²) in [6.07, 6.45) is 1.39. The number of carbonyl (C=O) groups excluding carboxylic acids is 1. The van der Waals surface area contributed by atoms with Gasteiger partial charge >= 0.3 is 0 Å². The minimum absolute atomic E-state index is 0.0236. The highest BCUT2D eigenvalue weighted by molar-refractivity contribution is 7.12. The second kappa shape index (κ2) is 6.24. The summed E-state index contributed by atoms with van der Waals surface area (Å²) in [7, 11) is 0. The van der Waals surface area contributed by atoms with Crippen LogP contribution in [0.1, 0.15) is 35.5 Å². The van der Waals surface area contributed by atoms with Crippen molar-refractivity contribution in [3.8, 4) is 0 Å². The Bertz CT molecular complexity index is 415. The summed E-state index contributed by atoms with van der Waals surface area (Å²) in [5.74, 6) is -0.147. The van der Waals surface area contributed by atoms with Gasteiger partial charge in [-0.25, -0.2) is 0 Å². The molecule has 1 aromatic rings. The Hall–Kier alpha value is -1.56. The van der Waals surface area contributed by atoms with E-state index in [0.29, 0.717) is 11.3 Å². The molecule has 0 saturated heterocycles. The van der Waals surface area contributed by atoms with Crippen molar-refractivity contribution >= 4 is 23.1 Å². The number of amidine groups is 1. The molecule has 0 aliphatic rings. The van der Waals surface area contributed by atoms with Crippen LogP contribution in [0.5, 0.6) is 0 Å². The Kier molecular flexibility index (Phi) is 4.96. The zero-order valence-corrected chi connectivity index (χ0v) is 10.8. The summed E-state index contributed by atoms with van der Waals surface area (Å²) >= 11 is 1.40. The normalized spacial score (nSPS) is 13.4. The second-order valence-electron chi connectivity index (χ2n) is 3.59. The summed E-state index contributed by atoms with van der Waals surface area (Å²) < 4.78 is 0. The van der Waals surface area contributed by atoms with E-state index in [1.54, 1.807) is 0 Å². The number of rotatable bonds is 5. The van der Waals surface area contributed by atoms with Crippen molar-refractivity contribution in [2.75, 3.05) is 0 Å². The van der Waals surface area contributed by atoms with Crippen molar-refractivity contribution in [2.45, 2.75) is 32.7 Å². The molecule has 94 valence electrons. The first kappa shape index (κ1) is 13.5. The number of amides is 1. The van der Waals surface area contributed by atoms with E-state index in [1.165, 1.54) is 11.3 Å². The monoisotopic (exact) mass is 255 g/mol. The minimum Gasteiger partial charge on any atom is -0.409 e. The van der Waals surface area contributed by atoms with Crippen molar-refractivity contribution in [3.63, 3.8) is 0 Å². The molecule has 5 nitrogen and oxygen atoms in total. The van der Waals surface area contributed by atoms with Crippen molar-refractivity contribution < 1.29 is 10.0 Å². The Morgan fingerprint density at radius 2 is 2.35 bits per heavy atom. The SMILES string of the molecule is CCc1ccsc1C(=O)NC(CC)C(N)=NO. The van der Waals surface area contributed by atoms with E-state index in [9.17, 15) is 4.79 Å². The maximum absolute atomic E-state index is 12.0. The lowest BCUT2D eigenvalue weighted by Crippen LogP contribution is -2.44. The first-order valence-electron chi connectivity index (χ1n) is 5.48. The molecule has 0 aliphatic heterocycles. The molecular formula is C11H17N3O2S. The van der Waals surface area contributed by atoms with Gasteiger partial charge in [0, 0.05) is 0 Å². The van der Waals surface area contributed by atoms with Gasteiger partial charge in [0.15, 0.2) is 5.84 Å². The molecule has 0 saturated carbocycles. The molecule has 1 rings (SSSR count). The molecule has 0 aliphatic carbocycles. The standard InChI is InChI=1S/C11H17N3O2S/c1-3-7-5-6-17-9(7)11(15)13-8(4-2)10(12)14-16/h5-6,8,16H,3-4H2,1-2H3,(H2,12,14)(H,13,15). The predicted octanol–water partition coefficient (Wildman–Crippen LogP) is 1.57. The average Bonchev–Trinajstić information content (AvgIpc) is 2.82. The molecule has 1 amide bonds. The molecule has 0 aromatic carbocycles. The summed E-state index contributed by atoms with van der Waals surface area (Å²) in [5.41, 5.74) is 6.50. The molecule has 0 radical (unpaired) electrons. The lowest BCUT2D eigenvalue weighted by Gasteiger charge is -2.15. The third-order valence-corrected chi connectivity index (χ3v) is 3.48. The number of nitrogens with zero attached hydrogens (tertiary/aromatic N) is 1. The molecule has 0 spiro atoms. The van der Waals surface area contributed by atoms with Gasteiger partial charge in [-0.1, -0.05) is 19.0 Å². The fourth-order valence-corrected chi connectivity index (χ4v) is 2.39. The lowest BCUT2D eigenvalue weighted by molar-refractivity contribution is 0.0949. The van der Waals surface area contributed by atoms with E-state index in [2.05, 4.69) is 10.5 Å². The second-order valence-corrected chi connectivity index (χ2v) is 4.50. The molecule has 1 aromatic heterocycles. The Balaban J connectivity index is 2.78. The fourth-order valence-electron chi connectivity index (χ4n) is 1.49. The predicted molar refractivity (Wildman–Crippen MR) is 68.7 cm³/mol. The quantitative estimate of drug-likeness (QED) is 0.323. The smallest absolute Gasteiger partial charge is 0.262 e. The van der Waals surface area contributed by atoms with Crippen LogP contribution >= 0.6 is 11.3 Å². The van der Waals surface area contributed by atoms with Gasteiger partial charge < -0.3 is 16.3 Å². The van der Waals surface area contributed by atoms with Crippen LogP contribution in [0.2, 0.25) is 0 Å². The summed E-state index contributed by atoms with van der Waals surface area (Å²) in [6.45, 7) is 3.86. The van der Waals surface area contributed by atoms with E-state index in [-0.39, 0.29) is 11.7 Å². The number of thiophene rings is 1. The van der Waals surface area contributed by atoms with Crippen LogP contribution in [-0.2, 0) is 6.42 Å². The van der Waals surface area contributed by atoms with Crippen LogP contribution < -0.4 is 11.1 Å². The molecule has 1 unspecified atom stereocenters. The average molecular weight is 255 g/mol. The fraction of sp³-hybridized carbons (Fsp3) is 0.455. The molecular weight excluding hydrogens is 238 g/mol. The molecule has 4 N–H and O–H groups in total. The van der Waals surface area contributed by atoms with Gasteiger partial charge in [-0.15, -0.1) is 11.3 Å². The Labute approximate surface area is 104 Å². The van der Waals surface area contributed by atoms with Gasteiger partial charge in [-0.2, -0.15) is 0 Å². The summed E-state index contributed by atoms with van der Waals surface area (Å²) in [5, 5.41) is 16.2. The van der Waals surface area contributed by atoms with Crippen LogP contribution in [0.15, 0.2) is 16.6 Å². The van der Waals surface area contributed by atoms with E-state index in [0.717, 1.165) is 12.0 Å². The highest BCUT2D eigenvalue weighted by atomic mass is 32.1. The van der Waals surface area contributed by atoms with Crippen molar-refractivity contribution in [2.24, 2.45) is 10.9 Å². The molecule has 0 fully saturated rings. The number of aryl methyl sites for hydroxylation is 1. The van der Waals surface area contributed by atoms with E-state index >= 15 is 0 Å². The largest absolute Gasteiger partial charge is 0.409 e.